The molecule has 17 heavy (non-hydrogen) atoms. The molecule has 0 heterocycles. The van der Waals surface area contributed by atoms with E-state index in [0.717, 1.165) is 11.1 Å². The van der Waals surface area contributed by atoms with Gasteiger partial charge in [0.2, 0.25) is 5.90 Å². The van der Waals surface area contributed by atoms with Crippen LogP contribution < -0.4 is 0 Å². The molecule has 0 spiro atoms. The summed E-state index contributed by atoms with van der Waals surface area (Å²) in [6.45, 7) is 0.544. The first-order chi connectivity index (χ1) is 8.40. The molecule has 2 aromatic rings. The predicted octanol–water partition coefficient (Wildman–Crippen LogP) is 3.28. The fourth-order valence-electron chi connectivity index (χ4n) is 1.58. The maximum Gasteiger partial charge on any atom is 0.216 e. The molecule has 0 aliphatic carbocycles. The van der Waals surface area contributed by atoms with Crippen LogP contribution in [0.25, 0.3) is 0 Å². The lowest BCUT2D eigenvalue weighted by atomic mass is 10.2. The molecule has 0 amide bonds. The number of benzene rings is 2. The van der Waals surface area contributed by atoms with Crippen molar-refractivity contribution in [2.24, 2.45) is 4.99 Å². The Balaban J connectivity index is 2.03. The van der Waals surface area contributed by atoms with Gasteiger partial charge in [-0.15, -0.1) is 0 Å². The first-order valence-corrected chi connectivity index (χ1v) is 5.59. The van der Waals surface area contributed by atoms with Crippen LogP contribution in [0, 0.1) is 0 Å². The van der Waals surface area contributed by atoms with Crippen LogP contribution in [-0.2, 0) is 11.3 Å². The van der Waals surface area contributed by atoms with Gasteiger partial charge in [0.1, 0.15) is 6.61 Å². The van der Waals surface area contributed by atoms with E-state index < -0.39 is 0 Å². The fraction of sp³-hybridized carbons (Fsp3) is 0.133. The van der Waals surface area contributed by atoms with Crippen LogP contribution in [0.1, 0.15) is 11.1 Å². The molecule has 0 unspecified atom stereocenters. The average molecular weight is 225 g/mol. The van der Waals surface area contributed by atoms with Gasteiger partial charge < -0.3 is 4.74 Å². The first-order valence-electron chi connectivity index (χ1n) is 5.59. The SMILES string of the molecule is CN=C(OCc1ccccc1)c1ccccc1. The zero-order valence-corrected chi connectivity index (χ0v) is 9.84. The van der Waals surface area contributed by atoms with Gasteiger partial charge in [0, 0.05) is 12.6 Å². The highest BCUT2D eigenvalue weighted by molar-refractivity contribution is 5.93. The molecule has 0 saturated carbocycles. The highest BCUT2D eigenvalue weighted by atomic mass is 16.5. The van der Waals surface area contributed by atoms with Crippen molar-refractivity contribution >= 4 is 5.90 Å². The Morgan fingerprint density at radius 3 is 2.12 bits per heavy atom. The third-order valence-corrected chi connectivity index (χ3v) is 2.44. The summed E-state index contributed by atoms with van der Waals surface area (Å²) < 4.78 is 5.71. The van der Waals surface area contributed by atoms with Crippen molar-refractivity contribution in [2.45, 2.75) is 6.61 Å². The van der Waals surface area contributed by atoms with E-state index in [9.17, 15) is 0 Å². The molecule has 0 atom stereocenters. The van der Waals surface area contributed by atoms with Gasteiger partial charge in [0.05, 0.1) is 0 Å². The molecule has 2 nitrogen and oxygen atoms in total. The normalized spacial score (nSPS) is 11.2. The standard InChI is InChI=1S/C15H15NO/c1-16-15(14-10-6-3-7-11-14)17-12-13-8-4-2-5-9-13/h2-11H,12H2,1H3. The molecule has 0 N–H and O–H groups in total. The highest BCUT2D eigenvalue weighted by Gasteiger charge is 2.02. The van der Waals surface area contributed by atoms with Crippen LogP contribution in [0.5, 0.6) is 0 Å². The molecule has 0 saturated heterocycles. The molecule has 86 valence electrons. The third kappa shape index (κ3) is 3.18. The zero-order valence-electron chi connectivity index (χ0n) is 9.84. The Morgan fingerprint density at radius 2 is 1.53 bits per heavy atom. The quantitative estimate of drug-likeness (QED) is 0.580. The second-order valence-electron chi connectivity index (χ2n) is 3.67. The summed E-state index contributed by atoms with van der Waals surface area (Å²) >= 11 is 0. The third-order valence-electron chi connectivity index (χ3n) is 2.44. The van der Waals surface area contributed by atoms with Crippen LogP contribution in [0.3, 0.4) is 0 Å². The van der Waals surface area contributed by atoms with Crippen LogP contribution in [0.2, 0.25) is 0 Å². The van der Waals surface area contributed by atoms with Gasteiger partial charge in [-0.1, -0.05) is 48.5 Å². The minimum atomic E-state index is 0.544. The minimum Gasteiger partial charge on any atom is -0.473 e. The maximum absolute atomic E-state index is 5.71. The van der Waals surface area contributed by atoms with Crippen molar-refractivity contribution in [3.63, 3.8) is 0 Å². The Bertz CT molecular complexity index is 477. The van der Waals surface area contributed by atoms with E-state index in [4.69, 9.17) is 4.74 Å². The monoisotopic (exact) mass is 225 g/mol. The Labute approximate surface area is 102 Å². The zero-order chi connectivity index (χ0) is 11.9. The summed E-state index contributed by atoms with van der Waals surface area (Å²) in [5.41, 5.74) is 2.15. The number of aliphatic imine (C=N–C) groups is 1. The number of rotatable bonds is 3. The molecule has 2 aromatic carbocycles. The van der Waals surface area contributed by atoms with Crippen LogP contribution in [-0.4, -0.2) is 12.9 Å². The molecular weight excluding hydrogens is 210 g/mol. The Kier molecular flexibility index (Phi) is 3.92. The van der Waals surface area contributed by atoms with Crippen molar-refractivity contribution in [3.8, 4) is 0 Å². The lowest BCUT2D eigenvalue weighted by molar-refractivity contribution is 0.293. The molecular formula is C15H15NO. The molecule has 0 aromatic heterocycles. The van der Waals surface area contributed by atoms with Crippen LogP contribution in [0.15, 0.2) is 65.7 Å². The Hall–Kier alpha value is -2.09. The second kappa shape index (κ2) is 5.85. The topological polar surface area (TPSA) is 21.6 Å². The number of ether oxygens (including phenoxy) is 1. The van der Waals surface area contributed by atoms with Crippen molar-refractivity contribution in [1.29, 1.82) is 0 Å². The highest BCUT2D eigenvalue weighted by Crippen LogP contribution is 2.06. The van der Waals surface area contributed by atoms with Crippen molar-refractivity contribution in [3.05, 3.63) is 71.8 Å². The summed E-state index contributed by atoms with van der Waals surface area (Å²) in [5.74, 6) is 0.675. The largest absolute Gasteiger partial charge is 0.473 e. The van der Waals surface area contributed by atoms with Crippen molar-refractivity contribution < 1.29 is 4.74 Å². The van der Waals surface area contributed by atoms with E-state index >= 15 is 0 Å². The van der Waals surface area contributed by atoms with E-state index in [-0.39, 0.29) is 0 Å². The van der Waals surface area contributed by atoms with E-state index in [0.29, 0.717) is 12.5 Å². The van der Waals surface area contributed by atoms with Gasteiger partial charge in [-0.3, -0.25) is 4.99 Å². The van der Waals surface area contributed by atoms with Crippen LogP contribution in [0.4, 0.5) is 0 Å². The van der Waals surface area contributed by atoms with Crippen LogP contribution >= 0.6 is 0 Å². The molecule has 0 aliphatic heterocycles. The van der Waals surface area contributed by atoms with Gasteiger partial charge in [-0.05, 0) is 17.7 Å². The minimum absolute atomic E-state index is 0.544. The van der Waals surface area contributed by atoms with Gasteiger partial charge in [-0.2, -0.15) is 0 Å². The Morgan fingerprint density at radius 1 is 0.941 bits per heavy atom. The molecule has 2 heteroatoms. The number of nitrogens with zero attached hydrogens (tertiary/aromatic N) is 1. The van der Waals surface area contributed by atoms with E-state index in [1.54, 1.807) is 7.05 Å². The summed E-state index contributed by atoms with van der Waals surface area (Å²) in [5, 5.41) is 0. The molecule has 0 fully saturated rings. The first kappa shape index (κ1) is 11.4. The molecule has 0 radical (unpaired) electrons. The summed E-state index contributed by atoms with van der Waals surface area (Å²) in [6.07, 6.45) is 0. The average Bonchev–Trinajstić information content (AvgIpc) is 2.42. The smallest absolute Gasteiger partial charge is 0.216 e. The van der Waals surface area contributed by atoms with Gasteiger partial charge in [-0.25, -0.2) is 0 Å². The van der Waals surface area contributed by atoms with E-state index in [1.165, 1.54) is 0 Å². The summed E-state index contributed by atoms with van der Waals surface area (Å²) in [6, 6.07) is 20.0. The molecule has 2 rings (SSSR count). The lowest BCUT2D eigenvalue weighted by Gasteiger charge is -2.08. The predicted molar refractivity (Wildman–Crippen MR) is 70.1 cm³/mol. The van der Waals surface area contributed by atoms with Gasteiger partial charge in [0.25, 0.3) is 0 Å². The molecule has 0 aliphatic rings. The summed E-state index contributed by atoms with van der Waals surface area (Å²) in [7, 11) is 1.74. The fourth-order valence-corrected chi connectivity index (χ4v) is 1.58. The molecule has 0 bridgehead atoms. The van der Waals surface area contributed by atoms with E-state index in [2.05, 4.69) is 4.99 Å². The maximum atomic E-state index is 5.71. The van der Waals surface area contributed by atoms with Crippen molar-refractivity contribution in [2.75, 3.05) is 7.05 Å². The number of hydrogen-bond donors (Lipinski definition) is 0. The second-order valence-corrected chi connectivity index (χ2v) is 3.67. The van der Waals surface area contributed by atoms with Crippen molar-refractivity contribution in [1.82, 2.24) is 0 Å². The number of hydrogen-bond acceptors (Lipinski definition) is 2. The van der Waals surface area contributed by atoms with E-state index in [1.807, 2.05) is 60.7 Å². The summed E-state index contributed by atoms with van der Waals surface area (Å²) in [4.78, 5) is 4.17. The van der Waals surface area contributed by atoms with Gasteiger partial charge >= 0.3 is 0 Å². The van der Waals surface area contributed by atoms with Gasteiger partial charge in [0.15, 0.2) is 0 Å². The lowest BCUT2D eigenvalue weighted by Crippen LogP contribution is -2.06.